The lowest BCUT2D eigenvalue weighted by Crippen LogP contribution is -2.43. The van der Waals surface area contributed by atoms with Crippen LogP contribution in [-0.2, 0) is 15.8 Å². The zero-order valence-corrected chi connectivity index (χ0v) is 16.4. The van der Waals surface area contributed by atoms with Gasteiger partial charge in [0.05, 0.1) is 16.9 Å². The SMILES string of the molecule is CCC(=O)c1ccc2c(c1)N(CC(=O)Nc1ccc(Cl)cc1C(F)(F)F)C(=O)CO2. The van der Waals surface area contributed by atoms with Crippen LogP contribution >= 0.6 is 11.6 Å². The number of ether oxygens (including phenoxy) is 1. The molecule has 158 valence electrons. The molecule has 0 radical (unpaired) electrons. The molecule has 2 aromatic rings. The molecule has 10 heteroatoms. The second-order valence-electron chi connectivity index (χ2n) is 6.46. The van der Waals surface area contributed by atoms with Gasteiger partial charge in [-0.2, -0.15) is 13.2 Å². The molecule has 0 aliphatic carbocycles. The third-order valence-corrected chi connectivity index (χ3v) is 4.64. The van der Waals surface area contributed by atoms with Crippen LogP contribution in [0.4, 0.5) is 24.5 Å². The van der Waals surface area contributed by atoms with Crippen molar-refractivity contribution in [2.75, 3.05) is 23.4 Å². The predicted molar refractivity (Wildman–Crippen MR) is 104 cm³/mol. The molecule has 1 aliphatic heterocycles. The summed E-state index contributed by atoms with van der Waals surface area (Å²) >= 11 is 5.64. The molecule has 1 N–H and O–H groups in total. The van der Waals surface area contributed by atoms with Gasteiger partial charge in [0.2, 0.25) is 5.91 Å². The van der Waals surface area contributed by atoms with Gasteiger partial charge in [-0.1, -0.05) is 18.5 Å². The van der Waals surface area contributed by atoms with Crippen LogP contribution in [0.25, 0.3) is 0 Å². The highest BCUT2D eigenvalue weighted by atomic mass is 35.5. The maximum Gasteiger partial charge on any atom is 0.418 e. The van der Waals surface area contributed by atoms with E-state index in [0.717, 1.165) is 11.0 Å². The summed E-state index contributed by atoms with van der Waals surface area (Å²) in [5.74, 6) is -1.30. The Hall–Kier alpha value is -3.07. The van der Waals surface area contributed by atoms with Gasteiger partial charge in [0, 0.05) is 17.0 Å². The quantitative estimate of drug-likeness (QED) is 0.703. The molecule has 0 aromatic heterocycles. The molecule has 0 bridgehead atoms. The Balaban J connectivity index is 1.86. The molecule has 2 amide bonds. The van der Waals surface area contributed by atoms with Crippen LogP contribution in [0, 0.1) is 0 Å². The van der Waals surface area contributed by atoms with Crippen molar-refractivity contribution < 1.29 is 32.3 Å². The van der Waals surface area contributed by atoms with Crippen LogP contribution in [0.3, 0.4) is 0 Å². The number of carbonyl (C=O) groups excluding carboxylic acids is 3. The van der Waals surface area contributed by atoms with E-state index in [1.807, 2.05) is 0 Å². The summed E-state index contributed by atoms with van der Waals surface area (Å²) in [5, 5.41) is 2.04. The normalized spacial score (nSPS) is 13.5. The van der Waals surface area contributed by atoms with Gasteiger partial charge in [-0.05, 0) is 36.4 Å². The second-order valence-corrected chi connectivity index (χ2v) is 6.90. The first-order valence-corrected chi connectivity index (χ1v) is 9.25. The maximum atomic E-state index is 13.2. The number of amides is 2. The largest absolute Gasteiger partial charge is 0.482 e. The molecule has 0 fully saturated rings. The Labute approximate surface area is 174 Å². The Bertz CT molecular complexity index is 1020. The van der Waals surface area contributed by atoms with Gasteiger partial charge in [-0.3, -0.25) is 19.3 Å². The minimum Gasteiger partial charge on any atom is -0.482 e. The smallest absolute Gasteiger partial charge is 0.418 e. The van der Waals surface area contributed by atoms with Crippen molar-refractivity contribution in [3.63, 3.8) is 0 Å². The lowest BCUT2D eigenvalue weighted by molar-refractivity contribution is -0.137. The average Bonchev–Trinajstić information content (AvgIpc) is 2.69. The predicted octanol–water partition coefficient (Wildman–Crippen LogP) is 4.32. The monoisotopic (exact) mass is 440 g/mol. The van der Waals surface area contributed by atoms with Crippen molar-refractivity contribution in [3.05, 3.63) is 52.5 Å². The summed E-state index contributed by atoms with van der Waals surface area (Å²) in [6.45, 7) is 0.786. The van der Waals surface area contributed by atoms with Crippen molar-refractivity contribution in [2.45, 2.75) is 19.5 Å². The number of ketones is 1. The minimum atomic E-state index is -4.73. The van der Waals surface area contributed by atoms with Crippen molar-refractivity contribution in [1.82, 2.24) is 0 Å². The zero-order chi connectivity index (χ0) is 22.1. The number of benzene rings is 2. The van der Waals surface area contributed by atoms with Crippen LogP contribution in [0.15, 0.2) is 36.4 Å². The molecule has 1 aliphatic rings. The summed E-state index contributed by atoms with van der Waals surface area (Å²) < 4.78 is 45.0. The standard InChI is InChI=1S/C20H16ClF3N2O4/c1-2-16(27)11-3-6-17-15(7-11)26(19(29)10-30-17)9-18(28)25-14-5-4-12(21)8-13(14)20(22,23)24/h3-8H,2,9-10H2,1H3,(H,25,28). The Morgan fingerprint density at radius 3 is 2.60 bits per heavy atom. The number of fused-ring (bicyclic) bond motifs is 1. The molecule has 0 spiro atoms. The van der Waals surface area contributed by atoms with E-state index in [2.05, 4.69) is 5.32 Å². The first-order chi connectivity index (χ1) is 14.1. The molecule has 0 saturated carbocycles. The van der Waals surface area contributed by atoms with Crippen LogP contribution in [-0.4, -0.2) is 30.7 Å². The molecular formula is C20H16ClF3N2O4. The molecule has 3 rings (SSSR count). The van der Waals surface area contributed by atoms with Crippen molar-refractivity contribution >= 4 is 40.6 Å². The molecule has 2 aromatic carbocycles. The summed E-state index contributed by atoms with van der Waals surface area (Å²) in [4.78, 5) is 37.8. The van der Waals surface area contributed by atoms with E-state index in [1.54, 1.807) is 13.0 Å². The first-order valence-electron chi connectivity index (χ1n) is 8.87. The van der Waals surface area contributed by atoms with Crippen molar-refractivity contribution in [2.24, 2.45) is 0 Å². The topological polar surface area (TPSA) is 75.7 Å². The van der Waals surface area contributed by atoms with Crippen LogP contribution in [0.2, 0.25) is 5.02 Å². The van der Waals surface area contributed by atoms with Gasteiger partial charge >= 0.3 is 6.18 Å². The number of alkyl halides is 3. The Kier molecular flexibility index (Phi) is 6.02. The van der Waals surface area contributed by atoms with E-state index < -0.39 is 35.8 Å². The van der Waals surface area contributed by atoms with Gasteiger partial charge in [-0.25, -0.2) is 0 Å². The maximum absolute atomic E-state index is 13.2. The van der Waals surface area contributed by atoms with E-state index in [9.17, 15) is 27.6 Å². The molecule has 6 nitrogen and oxygen atoms in total. The van der Waals surface area contributed by atoms with Gasteiger partial charge in [0.1, 0.15) is 12.3 Å². The number of anilines is 2. The van der Waals surface area contributed by atoms with Crippen LogP contribution in [0.1, 0.15) is 29.3 Å². The average molecular weight is 441 g/mol. The van der Waals surface area contributed by atoms with Crippen molar-refractivity contribution in [1.29, 1.82) is 0 Å². The number of nitrogens with one attached hydrogen (secondary N) is 1. The van der Waals surface area contributed by atoms with E-state index in [1.165, 1.54) is 18.2 Å². The molecule has 0 saturated heterocycles. The number of halogens is 4. The summed E-state index contributed by atoms with van der Waals surface area (Å²) in [5.41, 5.74) is -1.05. The molecule has 0 unspecified atom stereocenters. The molecule has 30 heavy (non-hydrogen) atoms. The Morgan fingerprint density at radius 2 is 1.93 bits per heavy atom. The lowest BCUT2D eigenvalue weighted by atomic mass is 10.1. The van der Waals surface area contributed by atoms with Crippen molar-refractivity contribution in [3.8, 4) is 5.75 Å². The fourth-order valence-corrected chi connectivity index (χ4v) is 3.12. The summed E-state index contributed by atoms with van der Waals surface area (Å²) in [6, 6.07) is 7.43. The number of rotatable bonds is 5. The van der Waals surface area contributed by atoms with Gasteiger partial charge in [-0.15, -0.1) is 0 Å². The lowest BCUT2D eigenvalue weighted by Gasteiger charge is -2.29. The van der Waals surface area contributed by atoms with E-state index in [0.29, 0.717) is 11.6 Å². The summed E-state index contributed by atoms with van der Waals surface area (Å²) in [7, 11) is 0. The highest BCUT2D eigenvalue weighted by molar-refractivity contribution is 6.30. The van der Waals surface area contributed by atoms with E-state index >= 15 is 0 Å². The summed E-state index contributed by atoms with van der Waals surface area (Å²) in [6.07, 6.45) is -4.49. The molecule has 1 heterocycles. The minimum absolute atomic E-state index is 0.134. The number of Topliss-reactive ketones (excluding diaryl/α,β-unsaturated/α-hetero) is 1. The van der Waals surface area contributed by atoms with Crippen LogP contribution in [0.5, 0.6) is 5.75 Å². The fourth-order valence-electron chi connectivity index (χ4n) is 2.95. The zero-order valence-electron chi connectivity index (χ0n) is 15.7. The third-order valence-electron chi connectivity index (χ3n) is 4.41. The number of hydrogen-bond donors (Lipinski definition) is 1. The molecular weight excluding hydrogens is 425 g/mol. The number of nitrogens with zero attached hydrogens (tertiary/aromatic N) is 1. The Morgan fingerprint density at radius 1 is 1.20 bits per heavy atom. The number of hydrogen-bond acceptors (Lipinski definition) is 4. The third kappa shape index (κ3) is 4.56. The fraction of sp³-hybridized carbons (Fsp3) is 0.250. The highest BCUT2D eigenvalue weighted by Crippen LogP contribution is 2.37. The van der Waals surface area contributed by atoms with Crippen LogP contribution < -0.4 is 15.0 Å². The van der Waals surface area contributed by atoms with Gasteiger partial charge in [0.25, 0.3) is 5.91 Å². The van der Waals surface area contributed by atoms with Gasteiger partial charge < -0.3 is 10.1 Å². The second kappa shape index (κ2) is 8.35. The molecule has 0 atom stereocenters. The van der Waals surface area contributed by atoms with E-state index in [-0.39, 0.29) is 35.3 Å². The number of carbonyl (C=O) groups is 3. The van der Waals surface area contributed by atoms with Gasteiger partial charge in [0.15, 0.2) is 12.4 Å². The highest BCUT2D eigenvalue weighted by Gasteiger charge is 2.35. The van der Waals surface area contributed by atoms with E-state index in [4.69, 9.17) is 16.3 Å². The first kappa shape index (κ1) is 21.6.